The molecular weight excluding hydrogens is 374 g/mol. The summed E-state index contributed by atoms with van der Waals surface area (Å²) < 4.78 is 11.7. The highest BCUT2D eigenvalue weighted by Gasteiger charge is 2.30. The maximum atomic E-state index is 13.1. The van der Waals surface area contributed by atoms with Crippen LogP contribution in [0.3, 0.4) is 0 Å². The molecule has 1 saturated heterocycles. The van der Waals surface area contributed by atoms with Gasteiger partial charge in [0, 0.05) is 30.4 Å². The molecule has 0 saturated carbocycles. The van der Waals surface area contributed by atoms with Crippen molar-refractivity contribution in [1.82, 2.24) is 9.88 Å². The van der Waals surface area contributed by atoms with Gasteiger partial charge in [-0.3, -0.25) is 0 Å². The first-order valence-corrected chi connectivity index (χ1v) is 10.2. The summed E-state index contributed by atoms with van der Waals surface area (Å²) in [6.45, 7) is 0.716. The van der Waals surface area contributed by atoms with Gasteiger partial charge in [0.15, 0.2) is 0 Å². The molecular formula is C21H23N3O3S. The molecule has 1 fully saturated rings. The number of hydrogen-bond donors (Lipinski definition) is 1. The lowest BCUT2D eigenvalue weighted by Crippen LogP contribution is -2.41. The second-order valence-electron chi connectivity index (χ2n) is 6.76. The fourth-order valence-electron chi connectivity index (χ4n) is 3.54. The summed E-state index contributed by atoms with van der Waals surface area (Å²) in [6.07, 6.45) is 3.02. The number of thiazole rings is 1. The van der Waals surface area contributed by atoms with E-state index < -0.39 is 0 Å². The van der Waals surface area contributed by atoms with E-state index in [-0.39, 0.29) is 12.1 Å². The van der Waals surface area contributed by atoms with E-state index in [0.29, 0.717) is 23.7 Å². The molecule has 3 aromatic rings. The van der Waals surface area contributed by atoms with Crippen LogP contribution >= 0.6 is 11.3 Å². The van der Waals surface area contributed by atoms with Crippen LogP contribution in [0.2, 0.25) is 0 Å². The Labute approximate surface area is 168 Å². The van der Waals surface area contributed by atoms with Crippen LogP contribution < -0.4 is 14.8 Å². The normalized spacial score (nSPS) is 16.8. The van der Waals surface area contributed by atoms with Gasteiger partial charge < -0.3 is 19.7 Å². The molecule has 28 heavy (non-hydrogen) atoms. The van der Waals surface area contributed by atoms with Gasteiger partial charge in [0.25, 0.3) is 0 Å². The smallest absolute Gasteiger partial charge is 0.322 e. The van der Waals surface area contributed by atoms with Crippen LogP contribution in [0.4, 0.5) is 10.5 Å². The van der Waals surface area contributed by atoms with Crippen molar-refractivity contribution in [3.05, 3.63) is 47.5 Å². The van der Waals surface area contributed by atoms with Crippen LogP contribution in [-0.4, -0.2) is 36.7 Å². The van der Waals surface area contributed by atoms with Gasteiger partial charge in [-0.1, -0.05) is 12.1 Å². The third kappa shape index (κ3) is 3.75. The second-order valence-corrected chi connectivity index (χ2v) is 7.82. The van der Waals surface area contributed by atoms with Gasteiger partial charge in [0.05, 0.1) is 30.5 Å². The first kappa shape index (κ1) is 18.6. The molecule has 1 aromatic heterocycles. The van der Waals surface area contributed by atoms with Crippen LogP contribution in [0.15, 0.2) is 42.5 Å². The number of likely N-dealkylation sites (tertiary alicyclic amines) is 1. The first-order chi connectivity index (χ1) is 13.7. The van der Waals surface area contributed by atoms with E-state index in [2.05, 4.69) is 11.4 Å². The molecule has 2 aromatic carbocycles. The number of piperidine rings is 1. The number of amides is 2. The lowest BCUT2D eigenvalue weighted by molar-refractivity contribution is 0.163. The van der Waals surface area contributed by atoms with Crippen LogP contribution in [0.1, 0.15) is 30.3 Å². The first-order valence-electron chi connectivity index (χ1n) is 9.34. The fourth-order valence-corrected chi connectivity index (χ4v) is 4.65. The van der Waals surface area contributed by atoms with Crippen molar-refractivity contribution in [2.75, 3.05) is 26.1 Å². The molecule has 1 N–H and O–H groups in total. The Morgan fingerprint density at radius 3 is 2.61 bits per heavy atom. The SMILES string of the molecule is COc1cc(NC(=O)N2CCCCC2c2nc3ccccc3s2)cc(OC)c1. The number of carbonyl (C=O) groups is 1. The monoisotopic (exact) mass is 397 g/mol. The van der Waals surface area contributed by atoms with Gasteiger partial charge >= 0.3 is 6.03 Å². The minimum atomic E-state index is -0.126. The Kier molecular flexibility index (Phi) is 5.34. The van der Waals surface area contributed by atoms with Gasteiger partial charge in [-0.2, -0.15) is 0 Å². The molecule has 0 aliphatic carbocycles. The number of nitrogens with zero attached hydrogens (tertiary/aromatic N) is 2. The third-order valence-corrected chi connectivity index (χ3v) is 6.10. The molecule has 0 radical (unpaired) electrons. The van der Waals surface area contributed by atoms with Crippen LogP contribution in [0, 0.1) is 0 Å². The Hall–Kier alpha value is -2.80. The number of urea groups is 1. The summed E-state index contributed by atoms with van der Waals surface area (Å²) in [7, 11) is 3.18. The summed E-state index contributed by atoms with van der Waals surface area (Å²) in [5.41, 5.74) is 1.64. The molecule has 0 spiro atoms. The van der Waals surface area contributed by atoms with Crippen molar-refractivity contribution >= 4 is 33.3 Å². The predicted octanol–water partition coefficient (Wildman–Crippen LogP) is 5.07. The average Bonchev–Trinajstić information content (AvgIpc) is 3.17. The maximum absolute atomic E-state index is 13.1. The molecule has 1 atom stereocenters. The summed E-state index contributed by atoms with van der Waals surface area (Å²) in [5, 5.41) is 4.00. The van der Waals surface area contributed by atoms with Gasteiger partial charge in [0.2, 0.25) is 0 Å². The van der Waals surface area contributed by atoms with Gasteiger partial charge in [0.1, 0.15) is 16.5 Å². The molecule has 1 unspecified atom stereocenters. The van der Waals surface area contributed by atoms with Crippen LogP contribution in [-0.2, 0) is 0 Å². The number of carbonyl (C=O) groups excluding carboxylic acids is 1. The lowest BCUT2D eigenvalue weighted by Gasteiger charge is -2.34. The van der Waals surface area contributed by atoms with Crippen LogP contribution in [0.25, 0.3) is 10.2 Å². The van der Waals surface area contributed by atoms with E-state index in [4.69, 9.17) is 14.5 Å². The highest BCUT2D eigenvalue weighted by atomic mass is 32.1. The van der Waals surface area contributed by atoms with E-state index in [9.17, 15) is 4.79 Å². The summed E-state index contributed by atoms with van der Waals surface area (Å²) in [5.74, 6) is 1.27. The van der Waals surface area contributed by atoms with Crippen molar-refractivity contribution in [3.63, 3.8) is 0 Å². The lowest BCUT2D eigenvalue weighted by atomic mass is 10.0. The topological polar surface area (TPSA) is 63.7 Å². The van der Waals surface area contributed by atoms with Crippen molar-refractivity contribution in [2.45, 2.75) is 25.3 Å². The number of nitrogens with one attached hydrogen (secondary N) is 1. The standard InChI is InChI=1S/C21H23N3O3S/c1-26-15-11-14(12-16(13-15)27-2)22-21(25)24-10-6-5-8-18(24)20-23-17-7-3-4-9-19(17)28-20/h3-4,7,9,11-13,18H,5-6,8,10H2,1-2H3,(H,22,25). The van der Waals surface area contributed by atoms with Crippen LogP contribution in [0.5, 0.6) is 11.5 Å². The minimum absolute atomic E-state index is 0.00125. The molecule has 6 nitrogen and oxygen atoms in total. The van der Waals surface area contributed by atoms with Gasteiger partial charge in [-0.25, -0.2) is 9.78 Å². The molecule has 0 bridgehead atoms. The zero-order valence-corrected chi connectivity index (χ0v) is 16.8. The molecule has 2 amide bonds. The molecule has 7 heteroatoms. The van der Waals surface area contributed by atoms with E-state index in [1.165, 1.54) is 0 Å². The summed E-state index contributed by atoms with van der Waals surface area (Å²) >= 11 is 1.67. The van der Waals surface area contributed by atoms with E-state index in [1.807, 2.05) is 23.1 Å². The van der Waals surface area contributed by atoms with Crippen molar-refractivity contribution < 1.29 is 14.3 Å². The number of hydrogen-bond acceptors (Lipinski definition) is 5. The zero-order valence-electron chi connectivity index (χ0n) is 16.0. The summed E-state index contributed by atoms with van der Waals surface area (Å²) in [6, 6.07) is 13.3. The Bertz CT molecular complexity index is 933. The number of rotatable bonds is 4. The number of aromatic nitrogens is 1. The summed E-state index contributed by atoms with van der Waals surface area (Å²) in [4.78, 5) is 19.8. The number of benzene rings is 2. The molecule has 1 aliphatic rings. The van der Waals surface area contributed by atoms with E-state index in [1.54, 1.807) is 43.8 Å². The fraction of sp³-hybridized carbons (Fsp3) is 0.333. The minimum Gasteiger partial charge on any atom is -0.497 e. The Morgan fingerprint density at radius 1 is 1.14 bits per heavy atom. The largest absolute Gasteiger partial charge is 0.497 e. The highest BCUT2D eigenvalue weighted by molar-refractivity contribution is 7.18. The third-order valence-electron chi connectivity index (χ3n) is 4.96. The molecule has 146 valence electrons. The Morgan fingerprint density at radius 2 is 1.89 bits per heavy atom. The quantitative estimate of drug-likeness (QED) is 0.667. The van der Waals surface area contributed by atoms with Crippen molar-refractivity contribution in [2.24, 2.45) is 0 Å². The number of para-hydroxylation sites is 1. The Balaban J connectivity index is 1.58. The van der Waals surface area contributed by atoms with Gasteiger partial charge in [-0.15, -0.1) is 11.3 Å². The molecule has 4 rings (SSSR count). The van der Waals surface area contributed by atoms with E-state index in [0.717, 1.165) is 34.5 Å². The van der Waals surface area contributed by atoms with E-state index >= 15 is 0 Å². The van der Waals surface area contributed by atoms with Crippen molar-refractivity contribution in [1.29, 1.82) is 0 Å². The molecule has 2 heterocycles. The number of fused-ring (bicyclic) bond motifs is 1. The molecule has 1 aliphatic heterocycles. The predicted molar refractivity (Wildman–Crippen MR) is 111 cm³/mol. The average molecular weight is 398 g/mol. The van der Waals surface area contributed by atoms with Gasteiger partial charge in [-0.05, 0) is 31.4 Å². The number of ether oxygens (including phenoxy) is 2. The maximum Gasteiger partial charge on any atom is 0.322 e. The van der Waals surface area contributed by atoms with Crippen molar-refractivity contribution in [3.8, 4) is 11.5 Å². The second kappa shape index (κ2) is 8.06. The highest BCUT2D eigenvalue weighted by Crippen LogP contribution is 2.36. The zero-order chi connectivity index (χ0) is 19.5. The number of anilines is 1. The number of methoxy groups -OCH3 is 2.